The standard InChI is InChI=1S/C12H18BrN3O/c1-2-7-17-11-3-5-14-12(15-11)16-6-4-10(8-13)9-16/h3,5,10H,2,4,6-9H2,1H3. The normalized spacial score (nSPS) is 19.6. The van der Waals surface area contributed by atoms with E-state index in [1.165, 1.54) is 6.42 Å². The monoisotopic (exact) mass is 299 g/mol. The maximum Gasteiger partial charge on any atom is 0.228 e. The van der Waals surface area contributed by atoms with Crippen molar-refractivity contribution in [1.82, 2.24) is 9.97 Å². The minimum Gasteiger partial charge on any atom is -0.478 e. The van der Waals surface area contributed by atoms with Crippen LogP contribution in [0.15, 0.2) is 12.3 Å². The van der Waals surface area contributed by atoms with Crippen LogP contribution in [0.2, 0.25) is 0 Å². The van der Waals surface area contributed by atoms with Gasteiger partial charge in [0, 0.05) is 30.7 Å². The minimum absolute atomic E-state index is 0.680. The Balaban J connectivity index is 2.01. The van der Waals surface area contributed by atoms with Crippen molar-refractivity contribution in [3.05, 3.63) is 12.3 Å². The summed E-state index contributed by atoms with van der Waals surface area (Å²) in [4.78, 5) is 11.0. The molecule has 0 aromatic carbocycles. The van der Waals surface area contributed by atoms with Crippen molar-refractivity contribution in [3.63, 3.8) is 0 Å². The van der Waals surface area contributed by atoms with Gasteiger partial charge in [-0.3, -0.25) is 0 Å². The van der Waals surface area contributed by atoms with Crippen molar-refractivity contribution in [3.8, 4) is 5.88 Å². The summed E-state index contributed by atoms with van der Waals surface area (Å²) in [6, 6.07) is 1.82. The number of aromatic nitrogens is 2. The predicted molar refractivity (Wildman–Crippen MR) is 71.9 cm³/mol. The molecule has 1 fully saturated rings. The van der Waals surface area contributed by atoms with Crippen LogP contribution in [-0.4, -0.2) is 35.0 Å². The van der Waals surface area contributed by atoms with E-state index in [1.807, 2.05) is 6.07 Å². The minimum atomic E-state index is 0.680. The van der Waals surface area contributed by atoms with Gasteiger partial charge >= 0.3 is 0 Å². The van der Waals surface area contributed by atoms with Gasteiger partial charge in [0.05, 0.1) is 6.61 Å². The topological polar surface area (TPSA) is 38.2 Å². The molecule has 0 spiro atoms. The molecule has 0 bridgehead atoms. The smallest absolute Gasteiger partial charge is 0.228 e. The van der Waals surface area contributed by atoms with Gasteiger partial charge in [0.1, 0.15) is 0 Å². The van der Waals surface area contributed by atoms with Crippen LogP contribution in [0.25, 0.3) is 0 Å². The SMILES string of the molecule is CCCOc1ccnc(N2CCC(CBr)C2)n1. The molecule has 1 aliphatic heterocycles. The molecule has 0 aliphatic carbocycles. The van der Waals surface area contributed by atoms with Gasteiger partial charge in [-0.2, -0.15) is 4.98 Å². The Labute approximate surface area is 111 Å². The Morgan fingerprint density at radius 2 is 2.47 bits per heavy atom. The Morgan fingerprint density at radius 1 is 1.59 bits per heavy atom. The van der Waals surface area contributed by atoms with Crippen molar-refractivity contribution in [2.75, 3.05) is 29.9 Å². The summed E-state index contributed by atoms with van der Waals surface area (Å²) in [6.45, 7) is 4.86. The lowest BCUT2D eigenvalue weighted by Crippen LogP contribution is -2.22. The van der Waals surface area contributed by atoms with Gasteiger partial charge in [0.2, 0.25) is 11.8 Å². The van der Waals surface area contributed by atoms with Crippen molar-refractivity contribution in [2.24, 2.45) is 5.92 Å². The zero-order valence-corrected chi connectivity index (χ0v) is 11.7. The van der Waals surface area contributed by atoms with Gasteiger partial charge < -0.3 is 9.64 Å². The summed E-state index contributed by atoms with van der Waals surface area (Å²) >= 11 is 3.53. The molecule has 1 aromatic heterocycles. The van der Waals surface area contributed by atoms with E-state index in [4.69, 9.17) is 4.74 Å². The number of anilines is 1. The van der Waals surface area contributed by atoms with Crippen LogP contribution in [0.5, 0.6) is 5.88 Å². The van der Waals surface area contributed by atoms with Crippen LogP contribution < -0.4 is 9.64 Å². The Morgan fingerprint density at radius 3 is 3.18 bits per heavy atom. The first kappa shape index (κ1) is 12.6. The molecule has 4 nitrogen and oxygen atoms in total. The predicted octanol–water partition coefficient (Wildman–Crippen LogP) is 2.49. The number of nitrogens with zero attached hydrogens (tertiary/aromatic N) is 3. The first-order chi connectivity index (χ1) is 8.33. The van der Waals surface area contributed by atoms with E-state index in [0.717, 1.165) is 30.8 Å². The number of rotatable bonds is 5. The summed E-state index contributed by atoms with van der Waals surface area (Å²) in [6.07, 6.45) is 3.97. The summed E-state index contributed by atoms with van der Waals surface area (Å²) < 4.78 is 5.52. The summed E-state index contributed by atoms with van der Waals surface area (Å²) in [5.41, 5.74) is 0. The number of halogens is 1. The number of ether oxygens (including phenoxy) is 1. The molecule has 5 heteroatoms. The lowest BCUT2D eigenvalue weighted by Gasteiger charge is -2.16. The molecule has 0 saturated carbocycles. The van der Waals surface area contributed by atoms with Crippen LogP contribution in [0, 0.1) is 5.92 Å². The molecular formula is C12H18BrN3O. The van der Waals surface area contributed by atoms with E-state index in [0.29, 0.717) is 18.4 Å². The average Bonchev–Trinajstić information content (AvgIpc) is 2.85. The molecule has 1 atom stereocenters. The summed E-state index contributed by atoms with van der Waals surface area (Å²) in [5.74, 6) is 2.18. The lowest BCUT2D eigenvalue weighted by molar-refractivity contribution is 0.305. The largest absolute Gasteiger partial charge is 0.478 e. The van der Waals surface area contributed by atoms with E-state index in [9.17, 15) is 0 Å². The van der Waals surface area contributed by atoms with Gasteiger partial charge in [-0.25, -0.2) is 4.98 Å². The molecule has 1 aliphatic rings. The van der Waals surface area contributed by atoms with E-state index in [-0.39, 0.29) is 0 Å². The van der Waals surface area contributed by atoms with E-state index < -0.39 is 0 Å². The molecule has 1 unspecified atom stereocenters. The zero-order chi connectivity index (χ0) is 12.1. The number of hydrogen-bond donors (Lipinski definition) is 0. The van der Waals surface area contributed by atoms with Crippen LogP contribution in [-0.2, 0) is 0 Å². The molecule has 94 valence electrons. The van der Waals surface area contributed by atoms with Crippen LogP contribution in [0.1, 0.15) is 19.8 Å². The van der Waals surface area contributed by atoms with Gasteiger partial charge in [-0.05, 0) is 18.8 Å². The van der Waals surface area contributed by atoms with Crippen LogP contribution >= 0.6 is 15.9 Å². The average molecular weight is 300 g/mol. The highest BCUT2D eigenvalue weighted by molar-refractivity contribution is 9.09. The van der Waals surface area contributed by atoms with E-state index >= 15 is 0 Å². The van der Waals surface area contributed by atoms with Crippen molar-refractivity contribution >= 4 is 21.9 Å². The maximum atomic E-state index is 5.52. The molecule has 2 rings (SSSR count). The second-order valence-corrected chi connectivity index (χ2v) is 4.95. The zero-order valence-electron chi connectivity index (χ0n) is 10.1. The second-order valence-electron chi connectivity index (χ2n) is 4.30. The fourth-order valence-corrected chi connectivity index (χ4v) is 2.44. The third kappa shape index (κ3) is 3.31. The van der Waals surface area contributed by atoms with E-state index in [2.05, 4.69) is 37.7 Å². The highest BCUT2D eigenvalue weighted by Crippen LogP contribution is 2.23. The summed E-state index contributed by atoms with van der Waals surface area (Å²) in [5, 5.41) is 1.05. The molecule has 0 amide bonds. The Kier molecular flexibility index (Phi) is 4.59. The molecule has 0 radical (unpaired) electrons. The van der Waals surface area contributed by atoms with Crippen molar-refractivity contribution < 1.29 is 4.74 Å². The maximum absolute atomic E-state index is 5.52. The van der Waals surface area contributed by atoms with Crippen molar-refractivity contribution in [2.45, 2.75) is 19.8 Å². The molecule has 17 heavy (non-hydrogen) atoms. The van der Waals surface area contributed by atoms with Gasteiger partial charge in [-0.15, -0.1) is 0 Å². The van der Waals surface area contributed by atoms with Crippen molar-refractivity contribution in [1.29, 1.82) is 0 Å². The third-order valence-electron chi connectivity index (χ3n) is 2.86. The Bertz CT molecular complexity index is 361. The van der Waals surface area contributed by atoms with Crippen LogP contribution in [0.3, 0.4) is 0 Å². The number of alkyl halides is 1. The molecule has 1 aromatic rings. The fraction of sp³-hybridized carbons (Fsp3) is 0.667. The fourth-order valence-electron chi connectivity index (χ4n) is 1.91. The quantitative estimate of drug-likeness (QED) is 0.783. The lowest BCUT2D eigenvalue weighted by atomic mass is 10.2. The molecule has 0 N–H and O–H groups in total. The Hall–Kier alpha value is -0.840. The number of hydrogen-bond acceptors (Lipinski definition) is 4. The molecule has 2 heterocycles. The van der Waals surface area contributed by atoms with Crippen LogP contribution in [0.4, 0.5) is 5.95 Å². The highest BCUT2D eigenvalue weighted by atomic mass is 79.9. The molecular weight excluding hydrogens is 282 g/mol. The van der Waals surface area contributed by atoms with Gasteiger partial charge in [0.15, 0.2) is 0 Å². The first-order valence-corrected chi connectivity index (χ1v) is 7.22. The summed E-state index contributed by atoms with van der Waals surface area (Å²) in [7, 11) is 0. The van der Waals surface area contributed by atoms with E-state index in [1.54, 1.807) is 6.20 Å². The first-order valence-electron chi connectivity index (χ1n) is 6.10. The third-order valence-corrected chi connectivity index (χ3v) is 3.77. The second kappa shape index (κ2) is 6.19. The van der Waals surface area contributed by atoms with Gasteiger partial charge in [0.25, 0.3) is 0 Å². The molecule has 1 saturated heterocycles. The van der Waals surface area contributed by atoms with Gasteiger partial charge in [-0.1, -0.05) is 22.9 Å². The highest BCUT2D eigenvalue weighted by Gasteiger charge is 2.23.